The van der Waals surface area contributed by atoms with E-state index in [0.29, 0.717) is 11.6 Å². The van der Waals surface area contributed by atoms with Crippen LogP contribution in [0.1, 0.15) is 17.4 Å². The molecule has 0 saturated heterocycles. The molecule has 0 aliphatic heterocycles. The predicted molar refractivity (Wildman–Crippen MR) is 80.8 cm³/mol. The standard InChI is InChI=1S/C16H16N4O/c1-21-13-9-7-11(8-10-13)14(17)16-18-15(19-20-16)12-5-3-2-4-6-12/h2-10,14H,17H2,1H3,(H,18,19,20)/t14-/m1/s1. The third kappa shape index (κ3) is 2.78. The first-order chi connectivity index (χ1) is 10.3. The number of ether oxygens (including phenoxy) is 1. The lowest BCUT2D eigenvalue weighted by atomic mass is 10.1. The van der Waals surface area contributed by atoms with Crippen LogP contribution < -0.4 is 10.5 Å². The maximum absolute atomic E-state index is 6.22. The summed E-state index contributed by atoms with van der Waals surface area (Å²) < 4.78 is 5.14. The van der Waals surface area contributed by atoms with Crippen molar-refractivity contribution in [3.63, 3.8) is 0 Å². The number of aromatic nitrogens is 3. The molecule has 0 aliphatic carbocycles. The molecular weight excluding hydrogens is 264 g/mol. The van der Waals surface area contributed by atoms with Crippen molar-refractivity contribution in [1.29, 1.82) is 0 Å². The molecule has 3 rings (SSSR count). The lowest BCUT2D eigenvalue weighted by molar-refractivity contribution is 0.414. The number of aromatic amines is 1. The highest BCUT2D eigenvalue weighted by atomic mass is 16.5. The van der Waals surface area contributed by atoms with Gasteiger partial charge in [0.2, 0.25) is 0 Å². The number of hydrogen-bond acceptors (Lipinski definition) is 4. The lowest BCUT2D eigenvalue weighted by Crippen LogP contribution is -2.13. The van der Waals surface area contributed by atoms with Crippen molar-refractivity contribution in [3.05, 3.63) is 66.0 Å². The van der Waals surface area contributed by atoms with Crippen LogP contribution in [0.15, 0.2) is 54.6 Å². The summed E-state index contributed by atoms with van der Waals surface area (Å²) in [6, 6.07) is 17.1. The Bertz CT molecular complexity index is 707. The molecular formula is C16H16N4O. The maximum atomic E-state index is 6.22. The monoisotopic (exact) mass is 280 g/mol. The highest BCUT2D eigenvalue weighted by Gasteiger charge is 2.14. The molecule has 0 spiro atoms. The number of nitrogens with two attached hydrogens (primary N) is 1. The van der Waals surface area contributed by atoms with Crippen LogP contribution in [0, 0.1) is 0 Å². The van der Waals surface area contributed by atoms with Crippen LogP contribution in [0.4, 0.5) is 0 Å². The van der Waals surface area contributed by atoms with Crippen molar-refractivity contribution in [2.24, 2.45) is 5.73 Å². The van der Waals surface area contributed by atoms with Crippen LogP contribution in [0.3, 0.4) is 0 Å². The molecule has 3 aromatic rings. The topological polar surface area (TPSA) is 76.8 Å². The van der Waals surface area contributed by atoms with Gasteiger partial charge in [-0.2, -0.15) is 5.10 Å². The molecule has 1 atom stereocenters. The maximum Gasteiger partial charge on any atom is 0.181 e. The molecule has 5 nitrogen and oxygen atoms in total. The molecule has 1 aromatic heterocycles. The minimum atomic E-state index is -0.346. The van der Waals surface area contributed by atoms with Gasteiger partial charge in [0.15, 0.2) is 5.82 Å². The summed E-state index contributed by atoms with van der Waals surface area (Å²) in [5.41, 5.74) is 8.14. The minimum Gasteiger partial charge on any atom is -0.497 e. The smallest absolute Gasteiger partial charge is 0.181 e. The van der Waals surface area contributed by atoms with E-state index in [2.05, 4.69) is 15.2 Å². The first-order valence-electron chi connectivity index (χ1n) is 6.65. The highest BCUT2D eigenvalue weighted by Crippen LogP contribution is 2.21. The van der Waals surface area contributed by atoms with E-state index in [1.54, 1.807) is 7.11 Å². The Morgan fingerprint density at radius 2 is 1.76 bits per heavy atom. The lowest BCUT2D eigenvalue weighted by Gasteiger charge is -2.09. The van der Waals surface area contributed by atoms with Gasteiger partial charge in [-0.3, -0.25) is 5.10 Å². The zero-order valence-electron chi connectivity index (χ0n) is 11.7. The fraction of sp³-hybridized carbons (Fsp3) is 0.125. The number of hydrogen-bond donors (Lipinski definition) is 2. The van der Waals surface area contributed by atoms with E-state index in [-0.39, 0.29) is 6.04 Å². The predicted octanol–water partition coefficient (Wildman–Crippen LogP) is 2.53. The third-order valence-electron chi connectivity index (χ3n) is 3.30. The second-order valence-electron chi connectivity index (χ2n) is 4.66. The SMILES string of the molecule is COc1ccc([C@@H](N)c2nc(-c3ccccc3)n[nH]2)cc1. The second kappa shape index (κ2) is 5.76. The Labute approximate surface area is 122 Å². The van der Waals surface area contributed by atoms with Crippen LogP contribution in [0.5, 0.6) is 5.75 Å². The zero-order valence-corrected chi connectivity index (χ0v) is 11.7. The molecule has 2 aromatic carbocycles. The van der Waals surface area contributed by atoms with E-state index in [1.807, 2.05) is 54.6 Å². The van der Waals surface area contributed by atoms with Crippen molar-refractivity contribution >= 4 is 0 Å². The van der Waals surface area contributed by atoms with E-state index < -0.39 is 0 Å². The van der Waals surface area contributed by atoms with Crippen molar-refractivity contribution in [1.82, 2.24) is 15.2 Å². The molecule has 0 fully saturated rings. The molecule has 0 aliphatic rings. The van der Waals surface area contributed by atoms with Crippen LogP contribution in [0.2, 0.25) is 0 Å². The van der Waals surface area contributed by atoms with E-state index in [4.69, 9.17) is 10.5 Å². The Morgan fingerprint density at radius 1 is 1.05 bits per heavy atom. The van der Waals surface area contributed by atoms with E-state index in [1.165, 1.54) is 0 Å². The van der Waals surface area contributed by atoms with Gasteiger partial charge >= 0.3 is 0 Å². The van der Waals surface area contributed by atoms with E-state index in [0.717, 1.165) is 16.9 Å². The summed E-state index contributed by atoms with van der Waals surface area (Å²) >= 11 is 0. The largest absolute Gasteiger partial charge is 0.497 e. The number of methoxy groups -OCH3 is 1. The number of nitrogens with one attached hydrogen (secondary N) is 1. The second-order valence-corrected chi connectivity index (χ2v) is 4.66. The normalized spacial score (nSPS) is 12.1. The van der Waals surface area contributed by atoms with Crippen molar-refractivity contribution < 1.29 is 4.74 Å². The fourth-order valence-electron chi connectivity index (χ4n) is 2.10. The number of rotatable bonds is 4. The van der Waals surface area contributed by atoms with Gasteiger partial charge in [0.1, 0.15) is 11.6 Å². The van der Waals surface area contributed by atoms with Gasteiger partial charge in [-0.15, -0.1) is 0 Å². The number of benzene rings is 2. The average Bonchev–Trinajstić information content (AvgIpc) is 3.05. The molecule has 0 radical (unpaired) electrons. The summed E-state index contributed by atoms with van der Waals surface area (Å²) in [4.78, 5) is 4.48. The summed E-state index contributed by atoms with van der Waals surface area (Å²) in [7, 11) is 1.64. The molecule has 0 bridgehead atoms. The van der Waals surface area contributed by atoms with E-state index >= 15 is 0 Å². The quantitative estimate of drug-likeness (QED) is 0.770. The highest BCUT2D eigenvalue weighted by molar-refractivity contribution is 5.54. The Balaban J connectivity index is 1.85. The van der Waals surface area contributed by atoms with Crippen molar-refractivity contribution in [2.45, 2.75) is 6.04 Å². The van der Waals surface area contributed by atoms with Crippen molar-refractivity contribution in [2.75, 3.05) is 7.11 Å². The molecule has 0 unspecified atom stereocenters. The van der Waals surface area contributed by atoms with Gasteiger partial charge in [0, 0.05) is 5.56 Å². The Morgan fingerprint density at radius 3 is 2.43 bits per heavy atom. The number of nitrogens with zero attached hydrogens (tertiary/aromatic N) is 2. The van der Waals surface area contributed by atoms with E-state index in [9.17, 15) is 0 Å². The molecule has 1 heterocycles. The summed E-state index contributed by atoms with van der Waals surface area (Å²) in [6.07, 6.45) is 0. The van der Waals surface area contributed by atoms with Gasteiger partial charge in [-0.25, -0.2) is 4.98 Å². The zero-order chi connectivity index (χ0) is 14.7. The first-order valence-corrected chi connectivity index (χ1v) is 6.65. The summed E-state index contributed by atoms with van der Waals surface area (Å²) in [5, 5.41) is 7.14. The third-order valence-corrected chi connectivity index (χ3v) is 3.30. The first kappa shape index (κ1) is 13.3. The molecule has 0 amide bonds. The van der Waals surface area contributed by atoms with Gasteiger partial charge in [0.25, 0.3) is 0 Å². The van der Waals surface area contributed by atoms with Crippen LogP contribution in [-0.2, 0) is 0 Å². The van der Waals surface area contributed by atoms with Crippen LogP contribution >= 0.6 is 0 Å². The fourth-order valence-corrected chi connectivity index (χ4v) is 2.10. The molecule has 0 saturated carbocycles. The Kier molecular flexibility index (Phi) is 3.66. The molecule has 5 heteroatoms. The minimum absolute atomic E-state index is 0.346. The van der Waals surface area contributed by atoms with Crippen LogP contribution in [-0.4, -0.2) is 22.3 Å². The number of H-pyrrole nitrogens is 1. The van der Waals surface area contributed by atoms with Gasteiger partial charge < -0.3 is 10.5 Å². The van der Waals surface area contributed by atoms with Crippen molar-refractivity contribution in [3.8, 4) is 17.1 Å². The molecule has 3 N–H and O–H groups in total. The summed E-state index contributed by atoms with van der Waals surface area (Å²) in [6.45, 7) is 0. The summed E-state index contributed by atoms with van der Waals surface area (Å²) in [5.74, 6) is 2.09. The average molecular weight is 280 g/mol. The molecule has 21 heavy (non-hydrogen) atoms. The van der Waals surface area contributed by atoms with Gasteiger partial charge in [0.05, 0.1) is 13.2 Å². The molecule has 106 valence electrons. The van der Waals surface area contributed by atoms with Gasteiger partial charge in [-0.05, 0) is 17.7 Å². The van der Waals surface area contributed by atoms with Gasteiger partial charge in [-0.1, -0.05) is 42.5 Å². The van der Waals surface area contributed by atoms with Crippen LogP contribution in [0.25, 0.3) is 11.4 Å². The Hall–Kier alpha value is -2.66.